The van der Waals surface area contributed by atoms with Crippen molar-refractivity contribution in [1.82, 2.24) is 9.21 Å². The van der Waals surface area contributed by atoms with Crippen molar-refractivity contribution >= 4 is 44.6 Å². The predicted octanol–water partition coefficient (Wildman–Crippen LogP) is 2.87. The lowest BCUT2D eigenvalue weighted by atomic mass is 10.2. The van der Waals surface area contributed by atoms with Crippen molar-refractivity contribution in [2.24, 2.45) is 0 Å². The lowest BCUT2D eigenvalue weighted by Crippen LogP contribution is -2.53. The molecule has 1 saturated heterocycles. The first-order valence-electron chi connectivity index (χ1n) is 8.32. The predicted molar refractivity (Wildman–Crippen MR) is 104 cm³/mol. The molecular weight excluding hydrogens is 413 g/mol. The number of thiophene rings is 1. The van der Waals surface area contributed by atoms with Gasteiger partial charge in [-0.05, 0) is 36.6 Å². The molecule has 1 N–H and O–H groups in total. The monoisotopic (exact) mass is 431 g/mol. The lowest BCUT2D eigenvalue weighted by molar-refractivity contribution is -0.121. The van der Waals surface area contributed by atoms with E-state index in [0.717, 1.165) is 6.07 Å². The summed E-state index contributed by atoms with van der Waals surface area (Å²) in [6.45, 7) is 3.26. The number of sulfonamides is 1. The summed E-state index contributed by atoms with van der Waals surface area (Å²) in [7, 11) is -3.47. The molecule has 0 unspecified atom stereocenters. The van der Waals surface area contributed by atoms with Gasteiger partial charge in [-0.3, -0.25) is 9.69 Å². The Morgan fingerprint density at radius 1 is 1.26 bits per heavy atom. The van der Waals surface area contributed by atoms with Crippen LogP contribution in [0.2, 0.25) is 5.02 Å². The highest BCUT2D eigenvalue weighted by Gasteiger charge is 2.32. The molecule has 0 bridgehead atoms. The Hall–Kier alpha value is -1.52. The number of rotatable bonds is 5. The molecule has 1 atom stereocenters. The van der Waals surface area contributed by atoms with Crippen LogP contribution in [0.5, 0.6) is 0 Å². The first kappa shape index (κ1) is 20.2. The lowest BCUT2D eigenvalue weighted by Gasteiger charge is -2.36. The second-order valence-electron chi connectivity index (χ2n) is 6.16. The fourth-order valence-corrected chi connectivity index (χ4v) is 5.64. The third kappa shape index (κ3) is 4.49. The highest BCUT2D eigenvalue weighted by atomic mass is 35.5. The van der Waals surface area contributed by atoms with E-state index >= 15 is 0 Å². The van der Waals surface area contributed by atoms with Crippen LogP contribution in [-0.2, 0) is 14.8 Å². The highest BCUT2D eigenvalue weighted by Crippen LogP contribution is 2.24. The summed E-state index contributed by atoms with van der Waals surface area (Å²) in [6.07, 6.45) is 0. The highest BCUT2D eigenvalue weighted by molar-refractivity contribution is 7.91. The summed E-state index contributed by atoms with van der Waals surface area (Å²) < 4.78 is 40.0. The van der Waals surface area contributed by atoms with Crippen LogP contribution >= 0.6 is 22.9 Å². The summed E-state index contributed by atoms with van der Waals surface area (Å²) in [5, 5.41) is 4.55. The van der Waals surface area contributed by atoms with Crippen LogP contribution in [0.4, 0.5) is 10.1 Å². The third-order valence-electron chi connectivity index (χ3n) is 4.48. The Morgan fingerprint density at radius 3 is 2.56 bits per heavy atom. The quantitative estimate of drug-likeness (QED) is 0.790. The first-order chi connectivity index (χ1) is 12.8. The van der Waals surface area contributed by atoms with Crippen LogP contribution in [0.3, 0.4) is 0 Å². The van der Waals surface area contributed by atoms with Gasteiger partial charge in [0, 0.05) is 26.2 Å². The maximum atomic E-state index is 13.1. The summed E-state index contributed by atoms with van der Waals surface area (Å²) >= 11 is 7.13. The van der Waals surface area contributed by atoms with Crippen molar-refractivity contribution in [3.05, 3.63) is 46.6 Å². The SMILES string of the molecule is C[C@@H](C(=O)Nc1ccc(F)cc1Cl)N1CCN(S(=O)(=O)c2cccs2)CC1. The molecule has 1 aliphatic rings. The van der Waals surface area contributed by atoms with E-state index in [1.807, 2.05) is 4.90 Å². The maximum absolute atomic E-state index is 13.1. The Morgan fingerprint density at radius 2 is 1.96 bits per heavy atom. The Bertz CT molecular complexity index is 914. The number of amides is 1. The molecule has 2 aromatic rings. The number of halogens is 2. The van der Waals surface area contributed by atoms with Crippen molar-refractivity contribution in [3.8, 4) is 0 Å². The van der Waals surface area contributed by atoms with Crippen LogP contribution in [0.15, 0.2) is 39.9 Å². The summed E-state index contributed by atoms with van der Waals surface area (Å²) in [4.78, 5) is 14.4. The summed E-state index contributed by atoms with van der Waals surface area (Å²) in [5.74, 6) is -0.757. The van der Waals surface area contributed by atoms with Gasteiger partial charge in [0.1, 0.15) is 10.0 Å². The minimum atomic E-state index is -3.47. The van der Waals surface area contributed by atoms with E-state index in [9.17, 15) is 17.6 Å². The number of carbonyl (C=O) groups excluding carboxylic acids is 1. The molecular formula is C17H19ClFN3O3S2. The standard InChI is InChI=1S/C17H19ClFN3O3S2/c1-12(17(23)20-15-5-4-13(19)11-14(15)18)21-6-8-22(9-7-21)27(24,25)16-3-2-10-26-16/h2-5,10-12H,6-9H2,1H3,(H,20,23)/t12-/m0/s1. The minimum Gasteiger partial charge on any atom is -0.323 e. The molecule has 1 aromatic carbocycles. The largest absolute Gasteiger partial charge is 0.323 e. The van der Waals surface area contributed by atoms with E-state index in [1.54, 1.807) is 24.4 Å². The van der Waals surface area contributed by atoms with E-state index in [1.165, 1.54) is 27.8 Å². The Labute approximate surface area is 166 Å². The molecule has 1 aliphatic heterocycles. The van der Waals surface area contributed by atoms with Crippen molar-refractivity contribution in [2.75, 3.05) is 31.5 Å². The molecule has 0 radical (unpaired) electrons. The van der Waals surface area contributed by atoms with Gasteiger partial charge >= 0.3 is 0 Å². The molecule has 2 heterocycles. The Balaban J connectivity index is 1.59. The molecule has 1 amide bonds. The van der Waals surface area contributed by atoms with Gasteiger partial charge < -0.3 is 5.32 Å². The number of benzene rings is 1. The normalized spacial score (nSPS) is 17.6. The molecule has 6 nitrogen and oxygen atoms in total. The zero-order valence-electron chi connectivity index (χ0n) is 14.6. The van der Waals surface area contributed by atoms with Crippen LogP contribution < -0.4 is 5.32 Å². The van der Waals surface area contributed by atoms with Crippen LogP contribution in [-0.4, -0.2) is 55.8 Å². The third-order valence-corrected chi connectivity index (χ3v) is 8.06. The molecule has 3 rings (SSSR count). The minimum absolute atomic E-state index is 0.127. The first-order valence-corrected chi connectivity index (χ1v) is 11.0. The van der Waals surface area contributed by atoms with Crippen molar-refractivity contribution in [1.29, 1.82) is 0 Å². The summed E-state index contributed by atoms with van der Waals surface area (Å²) in [5.41, 5.74) is 0.342. The van der Waals surface area contributed by atoms with Crippen LogP contribution in [0, 0.1) is 5.82 Å². The van der Waals surface area contributed by atoms with Crippen molar-refractivity contribution in [3.63, 3.8) is 0 Å². The molecule has 0 aliphatic carbocycles. The number of hydrogen-bond donors (Lipinski definition) is 1. The van der Waals surface area contributed by atoms with E-state index in [0.29, 0.717) is 36.1 Å². The van der Waals surface area contributed by atoms with E-state index in [4.69, 9.17) is 11.6 Å². The van der Waals surface area contributed by atoms with Gasteiger partial charge in [0.15, 0.2) is 0 Å². The maximum Gasteiger partial charge on any atom is 0.252 e. The van der Waals surface area contributed by atoms with Gasteiger partial charge in [0.05, 0.1) is 16.8 Å². The van der Waals surface area contributed by atoms with E-state index < -0.39 is 21.9 Å². The van der Waals surface area contributed by atoms with Gasteiger partial charge in [-0.2, -0.15) is 4.31 Å². The zero-order chi connectivity index (χ0) is 19.6. The second kappa shape index (κ2) is 8.24. The molecule has 146 valence electrons. The molecule has 10 heteroatoms. The van der Waals surface area contributed by atoms with Crippen molar-refractivity contribution < 1.29 is 17.6 Å². The van der Waals surface area contributed by atoms with Crippen LogP contribution in [0.25, 0.3) is 0 Å². The fourth-order valence-electron chi connectivity index (χ4n) is 2.86. The smallest absolute Gasteiger partial charge is 0.252 e. The molecule has 0 saturated carbocycles. The second-order valence-corrected chi connectivity index (χ2v) is 9.68. The topological polar surface area (TPSA) is 69.7 Å². The number of nitrogens with one attached hydrogen (secondary N) is 1. The van der Waals surface area contributed by atoms with Crippen LogP contribution in [0.1, 0.15) is 6.92 Å². The summed E-state index contributed by atoms with van der Waals surface area (Å²) in [6, 6.07) is 6.60. The van der Waals surface area contributed by atoms with E-state index in [-0.39, 0.29) is 10.9 Å². The molecule has 1 aromatic heterocycles. The molecule has 27 heavy (non-hydrogen) atoms. The fraction of sp³-hybridized carbons (Fsp3) is 0.353. The van der Waals surface area contributed by atoms with Gasteiger partial charge in [0.2, 0.25) is 5.91 Å². The van der Waals surface area contributed by atoms with Gasteiger partial charge in [-0.15, -0.1) is 11.3 Å². The number of carbonyl (C=O) groups is 1. The van der Waals surface area contributed by atoms with Gasteiger partial charge in [-0.25, -0.2) is 12.8 Å². The van der Waals surface area contributed by atoms with Crippen molar-refractivity contribution in [2.45, 2.75) is 17.2 Å². The number of nitrogens with zero attached hydrogens (tertiary/aromatic N) is 2. The zero-order valence-corrected chi connectivity index (χ0v) is 17.0. The van der Waals surface area contributed by atoms with Gasteiger partial charge in [0.25, 0.3) is 10.0 Å². The number of piperazine rings is 1. The Kier molecular flexibility index (Phi) is 6.17. The number of hydrogen-bond acceptors (Lipinski definition) is 5. The molecule has 1 fully saturated rings. The van der Waals surface area contributed by atoms with Gasteiger partial charge in [-0.1, -0.05) is 17.7 Å². The van der Waals surface area contributed by atoms with E-state index in [2.05, 4.69) is 5.32 Å². The number of anilines is 1. The average Bonchev–Trinajstić information content (AvgIpc) is 3.19. The molecule has 0 spiro atoms. The average molecular weight is 432 g/mol.